The fourth-order valence-electron chi connectivity index (χ4n) is 2.28. The van der Waals surface area contributed by atoms with Crippen molar-refractivity contribution in [3.8, 4) is 5.69 Å². The van der Waals surface area contributed by atoms with Crippen LogP contribution in [0.4, 0.5) is 0 Å². The zero-order chi connectivity index (χ0) is 16.6. The first kappa shape index (κ1) is 15.7. The number of hydrogen-bond acceptors (Lipinski definition) is 3. The van der Waals surface area contributed by atoms with Gasteiger partial charge in [-0.1, -0.05) is 54.6 Å². The van der Waals surface area contributed by atoms with E-state index in [1.165, 1.54) is 0 Å². The molecule has 1 heterocycles. The number of benzene rings is 2. The van der Waals surface area contributed by atoms with Crippen molar-refractivity contribution >= 4 is 12.0 Å². The molecule has 24 heavy (non-hydrogen) atoms. The van der Waals surface area contributed by atoms with E-state index in [4.69, 9.17) is 4.74 Å². The van der Waals surface area contributed by atoms with Gasteiger partial charge >= 0.3 is 5.97 Å². The van der Waals surface area contributed by atoms with Gasteiger partial charge in [-0.2, -0.15) is 5.10 Å². The zero-order valence-corrected chi connectivity index (χ0v) is 13.2. The van der Waals surface area contributed by atoms with Gasteiger partial charge in [0.1, 0.15) is 6.61 Å². The van der Waals surface area contributed by atoms with E-state index in [0.717, 1.165) is 16.8 Å². The van der Waals surface area contributed by atoms with Gasteiger partial charge in [0.25, 0.3) is 0 Å². The zero-order valence-electron chi connectivity index (χ0n) is 13.2. The topological polar surface area (TPSA) is 44.1 Å². The number of rotatable bonds is 6. The molecule has 0 bridgehead atoms. The minimum Gasteiger partial charge on any atom is -0.461 e. The molecule has 4 heteroatoms. The smallest absolute Gasteiger partial charge is 0.310 e. The Bertz CT molecular complexity index is 808. The van der Waals surface area contributed by atoms with Crippen molar-refractivity contribution in [2.45, 2.75) is 6.42 Å². The van der Waals surface area contributed by atoms with Crippen molar-refractivity contribution in [2.24, 2.45) is 0 Å². The Hall–Kier alpha value is -3.14. The summed E-state index contributed by atoms with van der Waals surface area (Å²) in [5, 5.41) is 4.27. The highest BCUT2D eigenvalue weighted by atomic mass is 16.5. The summed E-state index contributed by atoms with van der Waals surface area (Å²) in [6.45, 7) is 0.264. The highest BCUT2D eigenvalue weighted by Gasteiger charge is 2.07. The average Bonchev–Trinajstić information content (AvgIpc) is 3.09. The van der Waals surface area contributed by atoms with Gasteiger partial charge in [0.15, 0.2) is 0 Å². The van der Waals surface area contributed by atoms with Crippen LogP contribution in [-0.4, -0.2) is 22.4 Å². The Morgan fingerprint density at radius 3 is 2.50 bits per heavy atom. The molecule has 0 amide bonds. The normalized spacial score (nSPS) is 10.8. The molecule has 0 saturated carbocycles. The highest BCUT2D eigenvalue weighted by molar-refractivity contribution is 5.72. The predicted octanol–water partition coefficient (Wildman–Crippen LogP) is 3.67. The van der Waals surface area contributed by atoms with Crippen LogP contribution in [0.3, 0.4) is 0 Å². The average molecular weight is 318 g/mol. The summed E-state index contributed by atoms with van der Waals surface area (Å²) >= 11 is 0. The first-order valence-electron chi connectivity index (χ1n) is 7.77. The molecule has 3 rings (SSSR count). The summed E-state index contributed by atoms with van der Waals surface area (Å²) in [7, 11) is 0. The first-order chi connectivity index (χ1) is 11.8. The van der Waals surface area contributed by atoms with Gasteiger partial charge in [0, 0.05) is 11.8 Å². The molecule has 0 N–H and O–H groups in total. The van der Waals surface area contributed by atoms with Gasteiger partial charge in [-0.25, -0.2) is 4.68 Å². The van der Waals surface area contributed by atoms with E-state index in [0.29, 0.717) is 0 Å². The molecule has 3 aromatic rings. The van der Waals surface area contributed by atoms with Crippen molar-refractivity contribution in [2.75, 3.05) is 6.61 Å². The fourth-order valence-corrected chi connectivity index (χ4v) is 2.28. The monoisotopic (exact) mass is 318 g/mol. The van der Waals surface area contributed by atoms with Gasteiger partial charge in [-0.05, 0) is 23.8 Å². The summed E-state index contributed by atoms with van der Waals surface area (Å²) in [6, 6.07) is 19.7. The van der Waals surface area contributed by atoms with Crippen LogP contribution in [0.5, 0.6) is 0 Å². The third kappa shape index (κ3) is 4.43. The lowest BCUT2D eigenvalue weighted by molar-refractivity contribution is -0.141. The minimum absolute atomic E-state index is 0.214. The Morgan fingerprint density at radius 2 is 1.75 bits per heavy atom. The molecule has 0 aliphatic carbocycles. The summed E-state index contributed by atoms with van der Waals surface area (Å²) in [5.41, 5.74) is 2.87. The Balaban J connectivity index is 1.49. The minimum atomic E-state index is -0.264. The number of esters is 1. The van der Waals surface area contributed by atoms with Crippen molar-refractivity contribution < 1.29 is 9.53 Å². The lowest BCUT2D eigenvalue weighted by Gasteiger charge is -2.01. The van der Waals surface area contributed by atoms with Crippen molar-refractivity contribution in [3.05, 3.63) is 90.3 Å². The lowest BCUT2D eigenvalue weighted by atomic mass is 10.2. The number of aromatic nitrogens is 2. The molecular weight excluding hydrogens is 300 g/mol. The van der Waals surface area contributed by atoms with Crippen LogP contribution in [0.25, 0.3) is 11.8 Å². The van der Waals surface area contributed by atoms with Crippen molar-refractivity contribution in [3.63, 3.8) is 0 Å². The molecule has 120 valence electrons. The van der Waals surface area contributed by atoms with Gasteiger partial charge in [0.2, 0.25) is 0 Å². The van der Waals surface area contributed by atoms with Crippen LogP contribution in [-0.2, 0) is 16.0 Å². The molecule has 0 aliphatic rings. The molecule has 1 aromatic heterocycles. The summed E-state index contributed by atoms with van der Waals surface area (Å²) in [5.74, 6) is -0.264. The molecule has 0 atom stereocenters. The van der Waals surface area contributed by atoms with E-state index in [-0.39, 0.29) is 19.0 Å². The van der Waals surface area contributed by atoms with E-state index in [2.05, 4.69) is 5.10 Å². The predicted molar refractivity (Wildman–Crippen MR) is 93.7 cm³/mol. The van der Waals surface area contributed by atoms with E-state index in [1.54, 1.807) is 10.9 Å². The fraction of sp³-hybridized carbons (Fsp3) is 0.100. The van der Waals surface area contributed by atoms with Crippen LogP contribution in [0.1, 0.15) is 11.1 Å². The second-order valence-electron chi connectivity index (χ2n) is 5.30. The maximum absolute atomic E-state index is 11.9. The second-order valence-corrected chi connectivity index (χ2v) is 5.30. The molecule has 0 aliphatic heterocycles. The maximum atomic E-state index is 11.9. The van der Waals surface area contributed by atoms with Crippen molar-refractivity contribution in [1.82, 2.24) is 9.78 Å². The summed E-state index contributed by atoms with van der Waals surface area (Å²) in [6.07, 6.45) is 7.51. The van der Waals surface area contributed by atoms with Crippen molar-refractivity contribution in [1.29, 1.82) is 0 Å². The van der Waals surface area contributed by atoms with Gasteiger partial charge in [-0.15, -0.1) is 0 Å². The number of ether oxygens (including phenoxy) is 1. The SMILES string of the molecule is O=C(Cc1cnn(-c2ccccc2)c1)OC/C=C/c1ccccc1. The Kier molecular flexibility index (Phi) is 5.20. The van der Waals surface area contributed by atoms with Crippen LogP contribution < -0.4 is 0 Å². The molecule has 0 saturated heterocycles. The van der Waals surface area contributed by atoms with Crippen LogP contribution in [0, 0.1) is 0 Å². The van der Waals surface area contributed by atoms with Gasteiger partial charge in [0.05, 0.1) is 18.3 Å². The number of para-hydroxylation sites is 1. The molecule has 0 fully saturated rings. The number of nitrogens with zero attached hydrogens (tertiary/aromatic N) is 2. The number of carbonyl (C=O) groups is 1. The molecular formula is C20H18N2O2. The summed E-state index contributed by atoms with van der Waals surface area (Å²) < 4.78 is 6.97. The molecule has 2 aromatic carbocycles. The van der Waals surface area contributed by atoms with E-state index < -0.39 is 0 Å². The summed E-state index contributed by atoms with van der Waals surface area (Å²) in [4.78, 5) is 11.9. The first-order valence-corrected chi connectivity index (χ1v) is 7.77. The van der Waals surface area contributed by atoms with Crippen LogP contribution in [0.2, 0.25) is 0 Å². The largest absolute Gasteiger partial charge is 0.461 e. The van der Waals surface area contributed by atoms with Crippen LogP contribution in [0.15, 0.2) is 79.1 Å². The number of hydrogen-bond donors (Lipinski definition) is 0. The van der Waals surface area contributed by atoms with E-state index >= 15 is 0 Å². The Labute approximate surface area is 141 Å². The van der Waals surface area contributed by atoms with Gasteiger partial charge in [-0.3, -0.25) is 4.79 Å². The molecule has 0 radical (unpaired) electrons. The lowest BCUT2D eigenvalue weighted by Crippen LogP contribution is -2.07. The molecule has 4 nitrogen and oxygen atoms in total. The maximum Gasteiger partial charge on any atom is 0.310 e. The van der Waals surface area contributed by atoms with Gasteiger partial charge < -0.3 is 4.74 Å². The quantitative estimate of drug-likeness (QED) is 0.651. The van der Waals surface area contributed by atoms with Crippen LogP contribution >= 0.6 is 0 Å². The standard InChI is InChI=1S/C20H18N2O2/c23-20(24-13-7-10-17-8-3-1-4-9-17)14-18-15-21-22(16-18)19-11-5-2-6-12-19/h1-12,15-16H,13-14H2/b10-7+. The van der Waals surface area contributed by atoms with E-state index in [1.807, 2.05) is 79.0 Å². The third-order valence-electron chi connectivity index (χ3n) is 3.46. The molecule has 0 spiro atoms. The van der Waals surface area contributed by atoms with E-state index in [9.17, 15) is 4.79 Å². The molecule has 0 unspecified atom stereocenters. The third-order valence-corrected chi connectivity index (χ3v) is 3.46. The highest BCUT2D eigenvalue weighted by Crippen LogP contribution is 2.08. The number of carbonyl (C=O) groups excluding carboxylic acids is 1. The second kappa shape index (κ2) is 7.92. The Morgan fingerprint density at radius 1 is 1.04 bits per heavy atom.